The molecule has 2 atom stereocenters. The molecule has 46 heavy (non-hydrogen) atoms. The Kier molecular flexibility index (Phi) is 9.29. The third-order valence-electron chi connectivity index (χ3n) is 6.98. The molecule has 4 amide bonds. The van der Waals surface area contributed by atoms with Gasteiger partial charge in [0.15, 0.2) is 19.7 Å². The minimum Gasteiger partial charge on any atom is -0.451 e. The van der Waals surface area contributed by atoms with Crippen molar-refractivity contribution in [1.82, 2.24) is 10.6 Å². The summed E-state index contributed by atoms with van der Waals surface area (Å²) < 4.78 is 116. The van der Waals surface area contributed by atoms with Crippen LogP contribution in [-0.4, -0.2) is 64.0 Å². The van der Waals surface area contributed by atoms with Crippen molar-refractivity contribution in [3.05, 3.63) is 71.8 Å². The lowest BCUT2D eigenvalue weighted by molar-refractivity contribution is 0.248. The van der Waals surface area contributed by atoms with Gasteiger partial charge in [-0.1, -0.05) is 0 Å². The second kappa shape index (κ2) is 13.0. The van der Waals surface area contributed by atoms with E-state index in [1.807, 2.05) is 0 Å². The molecule has 2 aliphatic heterocycles. The summed E-state index contributed by atoms with van der Waals surface area (Å²) in [6.07, 6.45) is 0.554. The van der Waals surface area contributed by atoms with Crippen LogP contribution in [0.25, 0.3) is 0 Å². The lowest BCUT2D eigenvalue weighted by atomic mass is 10.2. The maximum Gasteiger partial charge on any atom is 0.319 e. The van der Waals surface area contributed by atoms with E-state index in [0.717, 1.165) is 0 Å². The molecule has 2 saturated heterocycles. The van der Waals surface area contributed by atoms with Crippen LogP contribution >= 0.6 is 0 Å². The van der Waals surface area contributed by atoms with E-state index >= 15 is 0 Å². The Morgan fingerprint density at radius 2 is 0.913 bits per heavy atom. The molecule has 0 saturated carbocycles. The predicted octanol–water partition coefficient (Wildman–Crippen LogP) is 4.44. The molecule has 0 spiro atoms. The fraction of sp³-hybridized carbons (Fsp3) is 0.286. The van der Waals surface area contributed by atoms with Gasteiger partial charge in [0.2, 0.25) is 34.8 Å². The molecule has 5 rings (SSSR count). The molecule has 12 nitrogen and oxygen atoms in total. The fourth-order valence-electron chi connectivity index (χ4n) is 4.74. The van der Waals surface area contributed by atoms with E-state index in [-0.39, 0.29) is 58.7 Å². The number of carbonyl (C=O) groups excluding carboxylic acids is 2. The number of hydrogen-bond acceptors (Lipinski definition) is 8. The number of benzene rings is 3. The van der Waals surface area contributed by atoms with E-state index < -0.39 is 78.6 Å². The van der Waals surface area contributed by atoms with E-state index in [9.17, 15) is 44.0 Å². The zero-order valence-electron chi connectivity index (χ0n) is 23.6. The highest BCUT2D eigenvalue weighted by Gasteiger charge is 2.31. The van der Waals surface area contributed by atoms with Crippen molar-refractivity contribution < 1.29 is 53.5 Å². The highest BCUT2D eigenvalue weighted by atomic mass is 32.2. The van der Waals surface area contributed by atoms with Crippen molar-refractivity contribution in [2.45, 2.75) is 24.9 Å². The molecule has 18 heteroatoms. The Balaban J connectivity index is 1.19. The molecule has 246 valence electrons. The summed E-state index contributed by atoms with van der Waals surface area (Å²) >= 11 is 0. The molecule has 0 radical (unpaired) electrons. The Hall–Kier alpha value is -4.58. The molecule has 2 aliphatic rings. The van der Waals surface area contributed by atoms with Crippen LogP contribution in [0.4, 0.5) is 38.5 Å². The highest BCUT2D eigenvalue weighted by Crippen LogP contribution is 2.39. The molecule has 2 fully saturated rings. The van der Waals surface area contributed by atoms with Gasteiger partial charge in [-0.15, -0.1) is 0 Å². The summed E-state index contributed by atoms with van der Waals surface area (Å²) in [7, 11) is -6.40. The largest absolute Gasteiger partial charge is 0.451 e. The van der Waals surface area contributed by atoms with Crippen LogP contribution in [0, 0.1) is 23.3 Å². The van der Waals surface area contributed by atoms with E-state index in [1.54, 1.807) is 0 Å². The van der Waals surface area contributed by atoms with E-state index in [4.69, 9.17) is 9.47 Å². The smallest absolute Gasteiger partial charge is 0.319 e. The van der Waals surface area contributed by atoms with Crippen molar-refractivity contribution >= 4 is 43.1 Å². The van der Waals surface area contributed by atoms with Crippen LogP contribution in [0.1, 0.15) is 12.8 Å². The van der Waals surface area contributed by atoms with Crippen LogP contribution in [0.3, 0.4) is 0 Å². The van der Waals surface area contributed by atoms with Crippen LogP contribution in [0.15, 0.2) is 48.5 Å². The zero-order valence-corrected chi connectivity index (χ0v) is 25.2. The first kappa shape index (κ1) is 32.8. The Morgan fingerprint density at radius 1 is 0.587 bits per heavy atom. The normalized spacial score (nSPS) is 19.7. The van der Waals surface area contributed by atoms with Crippen LogP contribution < -0.4 is 30.7 Å². The average molecular weight is 687 g/mol. The molecular weight excluding hydrogens is 660 g/mol. The number of ether oxygens (including phenoxy) is 2. The first-order valence-corrected chi connectivity index (χ1v) is 17.3. The molecule has 3 aromatic rings. The van der Waals surface area contributed by atoms with E-state index in [1.165, 1.54) is 48.5 Å². The van der Waals surface area contributed by atoms with Gasteiger partial charge in [0.1, 0.15) is 11.5 Å². The molecule has 0 aliphatic carbocycles. The third-order valence-corrected chi connectivity index (χ3v) is 10.5. The summed E-state index contributed by atoms with van der Waals surface area (Å²) in [5, 5.41) is 9.96. The van der Waals surface area contributed by atoms with Crippen molar-refractivity contribution in [3.8, 4) is 23.0 Å². The topological polar surface area (TPSA) is 169 Å². The van der Waals surface area contributed by atoms with E-state index in [0.29, 0.717) is 0 Å². The maximum absolute atomic E-state index is 14.8. The number of sulfone groups is 2. The molecular formula is C28H26F4N4O8S2. The van der Waals surface area contributed by atoms with Crippen molar-refractivity contribution in [3.63, 3.8) is 0 Å². The Bertz CT molecular complexity index is 1710. The van der Waals surface area contributed by atoms with Gasteiger partial charge >= 0.3 is 12.1 Å². The third kappa shape index (κ3) is 7.97. The van der Waals surface area contributed by atoms with Gasteiger partial charge in [-0.05, 0) is 61.4 Å². The van der Waals surface area contributed by atoms with Gasteiger partial charge in [-0.25, -0.2) is 26.4 Å². The number of halogens is 4. The fourth-order valence-corrected chi connectivity index (χ4v) is 8.09. The molecule has 3 aromatic carbocycles. The minimum absolute atomic E-state index is 0.0303. The van der Waals surface area contributed by atoms with Crippen LogP contribution in [-0.2, 0) is 19.7 Å². The SMILES string of the molecule is O=C(Nc1ccc(Oc2c(F)c(F)c(Oc3ccc(NC(=O)N[C@H]4CCS(=O)(=O)C4)cc3)c(F)c2F)cc1)N[C@H]1CCS(=O)(=O)C1. The maximum atomic E-state index is 14.8. The standard InChI is InChI=1S/C28H26F4N4O8S2/c29-21-23(31)26(44-20-7-3-16(4-8-20)34-28(38)36-18-10-12-46(41,42)14-18)24(32)22(30)25(21)43-19-5-1-15(2-6-19)33-27(37)35-17-9-11-45(39,40)13-17/h1-8,17-18H,9-14H2,(H2,33,35,37)(H2,34,36,38)/t17-,18-/m0/s1. The first-order chi connectivity index (χ1) is 21.7. The number of anilines is 2. The Morgan fingerprint density at radius 3 is 1.20 bits per heavy atom. The Labute approximate surface area is 260 Å². The second-order valence-electron chi connectivity index (χ2n) is 10.6. The second-order valence-corrected chi connectivity index (χ2v) is 15.0. The van der Waals surface area contributed by atoms with E-state index in [2.05, 4.69) is 21.3 Å². The first-order valence-electron chi connectivity index (χ1n) is 13.7. The molecule has 2 heterocycles. The molecule has 4 N–H and O–H groups in total. The van der Waals surface area contributed by atoms with Crippen molar-refractivity contribution in [1.29, 1.82) is 0 Å². The number of carbonyl (C=O) groups is 2. The van der Waals surface area contributed by atoms with Gasteiger partial charge in [0, 0.05) is 23.5 Å². The highest BCUT2D eigenvalue weighted by molar-refractivity contribution is 7.91. The average Bonchev–Trinajstić information content (AvgIpc) is 3.52. The van der Waals surface area contributed by atoms with Gasteiger partial charge < -0.3 is 30.7 Å². The van der Waals surface area contributed by atoms with Gasteiger partial charge in [-0.3, -0.25) is 0 Å². The summed E-state index contributed by atoms with van der Waals surface area (Å²) in [6.45, 7) is 0. The van der Waals surface area contributed by atoms with Crippen LogP contribution in [0.5, 0.6) is 23.0 Å². The van der Waals surface area contributed by atoms with Gasteiger partial charge in [-0.2, -0.15) is 17.6 Å². The minimum atomic E-state index is -3.20. The monoisotopic (exact) mass is 686 g/mol. The lowest BCUT2D eigenvalue weighted by Crippen LogP contribution is -2.38. The number of rotatable bonds is 8. The molecule has 0 aromatic heterocycles. The number of nitrogens with one attached hydrogen (secondary N) is 4. The van der Waals surface area contributed by atoms with Gasteiger partial charge in [0.05, 0.1) is 23.0 Å². The van der Waals surface area contributed by atoms with Crippen LogP contribution in [0.2, 0.25) is 0 Å². The summed E-state index contributed by atoms with van der Waals surface area (Å²) in [5.41, 5.74) is 0.415. The zero-order chi connectivity index (χ0) is 33.2. The van der Waals surface area contributed by atoms with Gasteiger partial charge in [0.25, 0.3) is 0 Å². The quantitative estimate of drug-likeness (QED) is 0.199. The summed E-state index contributed by atoms with van der Waals surface area (Å²) in [4.78, 5) is 24.3. The van der Waals surface area contributed by atoms with Crippen molar-refractivity contribution in [2.24, 2.45) is 0 Å². The number of urea groups is 2. The summed E-state index contributed by atoms with van der Waals surface area (Å²) in [6, 6.07) is 7.34. The van der Waals surface area contributed by atoms with Crippen molar-refractivity contribution in [2.75, 3.05) is 33.6 Å². The molecule has 0 bridgehead atoms. The predicted molar refractivity (Wildman–Crippen MR) is 158 cm³/mol. The summed E-state index contributed by atoms with van der Waals surface area (Å²) in [5.74, 6) is -11.2. The lowest BCUT2D eigenvalue weighted by Gasteiger charge is -2.15. The number of amides is 4. The number of hydrogen-bond donors (Lipinski definition) is 4. The molecule has 0 unspecified atom stereocenters.